The van der Waals surface area contributed by atoms with Crippen LogP contribution in [0.4, 0.5) is 0 Å². The summed E-state index contributed by atoms with van der Waals surface area (Å²) in [4.78, 5) is 11.0. The summed E-state index contributed by atoms with van der Waals surface area (Å²) >= 11 is 2.26. The minimum Gasteiger partial charge on any atom is -0.520 e. The van der Waals surface area contributed by atoms with Gasteiger partial charge in [0.1, 0.15) is 0 Å². The summed E-state index contributed by atoms with van der Waals surface area (Å²) in [7, 11) is -1.62. The second-order valence-electron chi connectivity index (χ2n) is 3.38. The van der Waals surface area contributed by atoms with E-state index < -0.39 is 8.32 Å². The zero-order valence-electron chi connectivity index (χ0n) is 7.32. The highest BCUT2D eigenvalue weighted by atomic mass is 127. The van der Waals surface area contributed by atoms with Gasteiger partial charge in [-0.25, -0.2) is 0 Å². The lowest BCUT2D eigenvalue weighted by Gasteiger charge is -2.16. The van der Waals surface area contributed by atoms with Crippen LogP contribution in [0, 0.1) is 0 Å². The molecule has 11 heavy (non-hydrogen) atoms. The Bertz CT molecular complexity index is 131. The highest BCUT2D eigenvalue weighted by Gasteiger charge is 2.18. The summed E-state index contributed by atoms with van der Waals surface area (Å²) in [5, 5.41) is 0. The molecule has 0 heterocycles. The predicted octanol–water partition coefficient (Wildman–Crippen LogP) is 2.58. The number of halogens is 1. The Balaban J connectivity index is 3.53. The van der Waals surface area contributed by atoms with E-state index in [1.54, 1.807) is 0 Å². The fraction of sp³-hybridized carbons (Fsp3) is 0.857. The largest absolute Gasteiger partial charge is 0.520 e. The highest BCUT2D eigenvalue weighted by molar-refractivity contribution is 14.1. The van der Waals surface area contributed by atoms with Crippen LogP contribution >= 0.6 is 22.6 Å². The van der Waals surface area contributed by atoms with Crippen molar-refractivity contribution in [2.24, 2.45) is 0 Å². The molecular formula is C7H15IO2Si. The van der Waals surface area contributed by atoms with E-state index >= 15 is 0 Å². The van der Waals surface area contributed by atoms with E-state index in [1.807, 2.05) is 19.6 Å². The minimum atomic E-state index is -1.62. The first-order chi connectivity index (χ1) is 4.95. The van der Waals surface area contributed by atoms with E-state index in [-0.39, 0.29) is 5.97 Å². The minimum absolute atomic E-state index is 0.0270. The summed E-state index contributed by atoms with van der Waals surface area (Å²) in [5.74, 6) is -0.0270. The van der Waals surface area contributed by atoms with Crippen molar-refractivity contribution in [1.82, 2.24) is 0 Å². The molecule has 0 aliphatic carbocycles. The second-order valence-corrected chi connectivity index (χ2v) is 8.89. The van der Waals surface area contributed by atoms with Gasteiger partial charge in [-0.3, -0.25) is 4.79 Å². The van der Waals surface area contributed by atoms with Crippen molar-refractivity contribution in [3.05, 3.63) is 0 Å². The van der Waals surface area contributed by atoms with Gasteiger partial charge in [0, 0.05) is 10.8 Å². The predicted molar refractivity (Wildman–Crippen MR) is 57.6 cm³/mol. The molecule has 0 aromatic rings. The molecule has 0 N–H and O–H groups in total. The van der Waals surface area contributed by atoms with Crippen molar-refractivity contribution in [3.63, 3.8) is 0 Å². The smallest absolute Gasteiger partial charge is 0.292 e. The normalized spacial score (nSPS) is 11.3. The van der Waals surface area contributed by atoms with Crippen LogP contribution in [0.25, 0.3) is 0 Å². The van der Waals surface area contributed by atoms with Crippen molar-refractivity contribution in [2.45, 2.75) is 32.5 Å². The van der Waals surface area contributed by atoms with E-state index in [1.165, 1.54) is 0 Å². The number of hydrogen-bond donors (Lipinski definition) is 0. The molecule has 0 aromatic heterocycles. The lowest BCUT2D eigenvalue weighted by Crippen LogP contribution is -2.29. The molecule has 0 aliphatic heterocycles. The number of hydrogen-bond acceptors (Lipinski definition) is 2. The van der Waals surface area contributed by atoms with Gasteiger partial charge in [-0.05, 0) is 26.1 Å². The first kappa shape index (κ1) is 11.4. The Morgan fingerprint density at radius 2 is 2.00 bits per heavy atom. The van der Waals surface area contributed by atoms with Gasteiger partial charge in [-0.1, -0.05) is 22.6 Å². The number of carbonyl (C=O) groups is 1. The lowest BCUT2D eigenvalue weighted by atomic mass is 10.3. The molecule has 2 nitrogen and oxygen atoms in total. The third-order valence-corrected chi connectivity index (χ3v) is 2.54. The van der Waals surface area contributed by atoms with Gasteiger partial charge in [0.05, 0.1) is 0 Å². The van der Waals surface area contributed by atoms with Crippen molar-refractivity contribution in [1.29, 1.82) is 0 Å². The topological polar surface area (TPSA) is 26.3 Å². The first-order valence-corrected chi connectivity index (χ1v) is 8.67. The van der Waals surface area contributed by atoms with Crippen LogP contribution in [0.1, 0.15) is 12.8 Å². The summed E-state index contributed by atoms with van der Waals surface area (Å²) in [6.07, 6.45) is 1.51. The molecule has 0 unspecified atom stereocenters. The zero-order chi connectivity index (χ0) is 8.91. The molecule has 0 rings (SSSR count). The van der Waals surface area contributed by atoms with Crippen LogP contribution in [0.3, 0.4) is 0 Å². The van der Waals surface area contributed by atoms with Gasteiger partial charge in [-0.2, -0.15) is 0 Å². The summed E-state index contributed by atoms with van der Waals surface area (Å²) in [5.41, 5.74) is 0. The molecule has 66 valence electrons. The Kier molecular flexibility index (Phi) is 5.33. The fourth-order valence-electron chi connectivity index (χ4n) is 0.604. The molecule has 0 aliphatic rings. The second kappa shape index (κ2) is 5.13. The average molecular weight is 286 g/mol. The monoisotopic (exact) mass is 286 g/mol. The standard InChI is InChI=1S/C7H15IO2Si/c1-11(2,3)10-7(9)5-4-6-8/h4-6H2,1-3H3. The van der Waals surface area contributed by atoms with Crippen LogP contribution in [-0.2, 0) is 9.22 Å². The Hall–Kier alpha value is 0.417. The number of rotatable bonds is 4. The van der Waals surface area contributed by atoms with Gasteiger partial charge in [-0.15, -0.1) is 0 Å². The van der Waals surface area contributed by atoms with Crippen LogP contribution in [0.5, 0.6) is 0 Å². The first-order valence-electron chi connectivity index (χ1n) is 3.73. The van der Waals surface area contributed by atoms with Gasteiger partial charge >= 0.3 is 0 Å². The number of carbonyl (C=O) groups excluding carboxylic acids is 1. The Morgan fingerprint density at radius 3 is 2.36 bits per heavy atom. The maximum Gasteiger partial charge on any atom is 0.292 e. The zero-order valence-corrected chi connectivity index (χ0v) is 10.5. The third kappa shape index (κ3) is 8.32. The Labute approximate surface area is 83.0 Å². The SMILES string of the molecule is C[Si](C)(C)OC(=O)CCCI. The van der Waals surface area contributed by atoms with E-state index in [9.17, 15) is 4.79 Å². The fourth-order valence-corrected chi connectivity index (χ4v) is 1.77. The van der Waals surface area contributed by atoms with Crippen molar-refractivity contribution in [3.8, 4) is 0 Å². The molecule has 0 spiro atoms. The van der Waals surface area contributed by atoms with Crippen molar-refractivity contribution < 1.29 is 9.22 Å². The molecular weight excluding hydrogens is 271 g/mol. The maximum absolute atomic E-state index is 11.0. The van der Waals surface area contributed by atoms with Crippen molar-refractivity contribution >= 4 is 36.9 Å². The highest BCUT2D eigenvalue weighted by Crippen LogP contribution is 2.06. The van der Waals surface area contributed by atoms with E-state index in [2.05, 4.69) is 22.6 Å². The van der Waals surface area contributed by atoms with Crippen molar-refractivity contribution in [2.75, 3.05) is 4.43 Å². The molecule has 4 heteroatoms. The molecule has 0 saturated heterocycles. The van der Waals surface area contributed by atoms with E-state index in [0.29, 0.717) is 6.42 Å². The molecule has 0 amide bonds. The Morgan fingerprint density at radius 1 is 1.45 bits per heavy atom. The molecule has 0 saturated carbocycles. The van der Waals surface area contributed by atoms with Crippen LogP contribution in [0.2, 0.25) is 19.6 Å². The van der Waals surface area contributed by atoms with E-state index in [4.69, 9.17) is 4.43 Å². The molecule has 0 fully saturated rings. The lowest BCUT2D eigenvalue weighted by molar-refractivity contribution is -0.135. The van der Waals surface area contributed by atoms with Crippen LogP contribution in [0.15, 0.2) is 0 Å². The van der Waals surface area contributed by atoms with Gasteiger partial charge in [0.2, 0.25) is 8.32 Å². The molecule has 0 bridgehead atoms. The molecule has 0 aromatic carbocycles. The van der Waals surface area contributed by atoms with Gasteiger partial charge < -0.3 is 4.43 Å². The maximum atomic E-state index is 11.0. The van der Waals surface area contributed by atoms with E-state index in [0.717, 1.165) is 10.8 Å². The summed E-state index contributed by atoms with van der Waals surface area (Å²) in [6.45, 7) is 6.07. The third-order valence-electron chi connectivity index (χ3n) is 0.935. The van der Waals surface area contributed by atoms with Crippen LogP contribution in [-0.4, -0.2) is 18.7 Å². The molecule has 0 atom stereocenters. The van der Waals surface area contributed by atoms with Gasteiger partial charge in [0.15, 0.2) is 0 Å². The molecule has 0 radical (unpaired) electrons. The van der Waals surface area contributed by atoms with Crippen LogP contribution < -0.4 is 0 Å². The summed E-state index contributed by atoms with van der Waals surface area (Å²) in [6, 6.07) is 0. The quantitative estimate of drug-likeness (QED) is 0.451. The average Bonchev–Trinajstić information content (AvgIpc) is 1.79. The summed E-state index contributed by atoms with van der Waals surface area (Å²) < 4.78 is 6.26. The van der Waals surface area contributed by atoms with Gasteiger partial charge in [0.25, 0.3) is 5.97 Å². The number of alkyl halides is 1.